The molecule has 0 bridgehead atoms. The monoisotopic (exact) mass is 404 g/mol. The lowest BCUT2D eigenvalue weighted by molar-refractivity contribution is -0.115. The number of carbonyl (C=O) groups is 2. The highest BCUT2D eigenvalue weighted by Crippen LogP contribution is 2.42. The number of Topliss-reactive ketones (excluding diaryl/α,β-unsaturated/α-hetero) is 2. The van der Waals surface area contributed by atoms with Crippen molar-refractivity contribution in [2.45, 2.75) is 42.4 Å². The molecule has 1 aliphatic heterocycles. The molecule has 0 saturated heterocycles. The van der Waals surface area contributed by atoms with Crippen LogP contribution >= 0.6 is 35.1 Å². The minimum Gasteiger partial charge on any atom is -0.468 e. The minimum atomic E-state index is -0.247. The highest BCUT2D eigenvalue weighted by Gasteiger charge is 2.30. The largest absolute Gasteiger partial charge is 0.468 e. The number of thioether (sulfide) groups is 2. The van der Waals surface area contributed by atoms with Gasteiger partial charge in [0.15, 0.2) is 11.6 Å². The molecule has 0 N–H and O–H groups in total. The first-order valence-corrected chi connectivity index (χ1v) is 10.7. The Kier molecular flexibility index (Phi) is 5.04. The van der Waals surface area contributed by atoms with Crippen LogP contribution in [0.25, 0.3) is 0 Å². The van der Waals surface area contributed by atoms with Crippen LogP contribution in [0.1, 0.15) is 40.9 Å². The molecule has 134 valence electrons. The normalized spacial score (nSPS) is 16.9. The molecule has 0 spiro atoms. The molecule has 0 amide bonds. The van der Waals surface area contributed by atoms with Crippen molar-refractivity contribution in [1.29, 1.82) is 0 Å². The van der Waals surface area contributed by atoms with Crippen molar-refractivity contribution in [1.82, 2.24) is 0 Å². The van der Waals surface area contributed by atoms with Gasteiger partial charge in [-0.15, -0.1) is 11.8 Å². The Labute approximate surface area is 165 Å². The van der Waals surface area contributed by atoms with E-state index in [-0.39, 0.29) is 11.6 Å². The van der Waals surface area contributed by atoms with Gasteiger partial charge in [0.05, 0.1) is 21.8 Å². The first kappa shape index (κ1) is 18.0. The highest BCUT2D eigenvalue weighted by molar-refractivity contribution is 8.03. The zero-order chi connectivity index (χ0) is 18.3. The van der Waals surface area contributed by atoms with E-state index < -0.39 is 0 Å². The molecule has 26 heavy (non-hydrogen) atoms. The molecule has 2 heterocycles. The first-order chi connectivity index (χ1) is 12.6. The molecule has 0 fully saturated rings. The van der Waals surface area contributed by atoms with E-state index >= 15 is 0 Å². The highest BCUT2D eigenvalue weighted by atomic mass is 35.5. The maximum Gasteiger partial charge on any atom is 0.198 e. The molecule has 0 radical (unpaired) electrons. The van der Waals surface area contributed by atoms with Gasteiger partial charge in [0, 0.05) is 27.5 Å². The zero-order valence-electron chi connectivity index (χ0n) is 14.3. The van der Waals surface area contributed by atoms with E-state index in [2.05, 4.69) is 0 Å². The third-order valence-electron chi connectivity index (χ3n) is 4.69. The van der Waals surface area contributed by atoms with Gasteiger partial charge in [0.1, 0.15) is 5.76 Å². The number of hydrogen-bond acceptors (Lipinski definition) is 5. The Morgan fingerprint density at radius 1 is 1.23 bits per heavy atom. The average Bonchev–Trinajstić information content (AvgIpc) is 3.25. The Morgan fingerprint density at radius 2 is 2.08 bits per heavy atom. The maximum atomic E-state index is 13.2. The van der Waals surface area contributed by atoms with Gasteiger partial charge in [0.2, 0.25) is 0 Å². The van der Waals surface area contributed by atoms with Crippen LogP contribution in [-0.4, -0.2) is 17.3 Å². The summed E-state index contributed by atoms with van der Waals surface area (Å²) in [5, 5.41) is 0.507. The number of fused-ring (bicyclic) bond motifs is 1. The summed E-state index contributed by atoms with van der Waals surface area (Å²) >= 11 is 9.76. The van der Waals surface area contributed by atoms with E-state index in [1.807, 2.05) is 19.1 Å². The number of ketones is 2. The fourth-order valence-electron chi connectivity index (χ4n) is 3.33. The molecule has 1 aromatic carbocycles. The quantitative estimate of drug-likeness (QED) is 0.471. The molecular formula is C20H17ClO3S2. The van der Waals surface area contributed by atoms with E-state index in [0.717, 1.165) is 51.0 Å². The minimum absolute atomic E-state index is 0.0872. The number of aryl methyl sites for hydroxylation is 1. The van der Waals surface area contributed by atoms with Crippen molar-refractivity contribution >= 4 is 46.7 Å². The maximum absolute atomic E-state index is 13.2. The second-order valence-corrected chi connectivity index (χ2v) is 9.00. The van der Waals surface area contributed by atoms with Gasteiger partial charge in [-0.2, -0.15) is 0 Å². The van der Waals surface area contributed by atoms with E-state index in [4.69, 9.17) is 16.0 Å². The molecule has 1 aromatic heterocycles. The fourth-order valence-corrected chi connectivity index (χ4v) is 5.93. The van der Waals surface area contributed by atoms with Crippen LogP contribution in [0, 0.1) is 6.92 Å². The van der Waals surface area contributed by atoms with Crippen molar-refractivity contribution in [3.8, 4) is 0 Å². The molecule has 0 atom stereocenters. The van der Waals surface area contributed by atoms with Gasteiger partial charge in [-0.3, -0.25) is 9.59 Å². The molecule has 0 unspecified atom stereocenters. The van der Waals surface area contributed by atoms with Crippen LogP contribution < -0.4 is 0 Å². The third-order valence-corrected chi connectivity index (χ3v) is 7.52. The molecule has 3 nitrogen and oxygen atoms in total. The van der Waals surface area contributed by atoms with Gasteiger partial charge in [0.25, 0.3) is 0 Å². The molecule has 4 rings (SSSR count). The van der Waals surface area contributed by atoms with Crippen LogP contribution in [0.15, 0.2) is 49.1 Å². The standard InChI is InChI=1S/C20H17ClO3S2/c1-11-15(7-9-24-11)26-17-4-2-3-14(22)18(17)20(23)13-5-6-16-12(19(13)21)8-10-25-16/h5-7,9H,2-4,8,10H2,1H3. The Bertz CT molecular complexity index is 943. The summed E-state index contributed by atoms with van der Waals surface area (Å²) in [5.41, 5.74) is 1.78. The summed E-state index contributed by atoms with van der Waals surface area (Å²) in [7, 11) is 0. The number of hydrogen-bond donors (Lipinski definition) is 0. The Balaban J connectivity index is 1.76. The van der Waals surface area contributed by atoms with E-state index in [9.17, 15) is 9.59 Å². The number of allylic oxidation sites excluding steroid dienone is 2. The molecular weight excluding hydrogens is 388 g/mol. The van der Waals surface area contributed by atoms with Crippen LogP contribution in [0.3, 0.4) is 0 Å². The van der Waals surface area contributed by atoms with Gasteiger partial charge in [-0.05, 0) is 49.9 Å². The van der Waals surface area contributed by atoms with E-state index in [1.54, 1.807) is 24.1 Å². The van der Waals surface area contributed by atoms with Crippen LogP contribution in [-0.2, 0) is 11.2 Å². The van der Waals surface area contributed by atoms with E-state index in [0.29, 0.717) is 22.6 Å². The zero-order valence-corrected chi connectivity index (χ0v) is 16.7. The summed E-state index contributed by atoms with van der Waals surface area (Å²) in [6, 6.07) is 5.59. The van der Waals surface area contributed by atoms with Gasteiger partial charge in [-0.25, -0.2) is 0 Å². The van der Waals surface area contributed by atoms with Crippen LogP contribution in [0.4, 0.5) is 0 Å². The van der Waals surface area contributed by atoms with Crippen molar-refractivity contribution in [3.63, 3.8) is 0 Å². The van der Waals surface area contributed by atoms with Gasteiger partial charge >= 0.3 is 0 Å². The van der Waals surface area contributed by atoms with Crippen molar-refractivity contribution in [2.24, 2.45) is 0 Å². The second-order valence-electron chi connectivity index (χ2n) is 6.35. The summed E-state index contributed by atoms with van der Waals surface area (Å²) in [6.07, 6.45) is 4.39. The van der Waals surface area contributed by atoms with Crippen molar-refractivity contribution in [3.05, 3.63) is 56.9 Å². The Morgan fingerprint density at radius 3 is 2.85 bits per heavy atom. The second kappa shape index (κ2) is 7.29. The van der Waals surface area contributed by atoms with Crippen molar-refractivity contribution in [2.75, 3.05) is 5.75 Å². The lowest BCUT2D eigenvalue weighted by atomic mass is 9.91. The van der Waals surface area contributed by atoms with Crippen LogP contribution in [0.5, 0.6) is 0 Å². The van der Waals surface area contributed by atoms with Gasteiger partial charge in [-0.1, -0.05) is 23.4 Å². The van der Waals surface area contributed by atoms with E-state index in [1.165, 1.54) is 11.8 Å². The first-order valence-electron chi connectivity index (χ1n) is 8.53. The fraction of sp³-hybridized carbons (Fsp3) is 0.300. The molecule has 2 aliphatic rings. The summed E-state index contributed by atoms with van der Waals surface area (Å²) in [5.74, 6) is 1.44. The SMILES string of the molecule is Cc1occc1SC1=C(C(=O)c2ccc3c(c2Cl)CCS3)C(=O)CCC1. The summed E-state index contributed by atoms with van der Waals surface area (Å²) < 4.78 is 5.35. The van der Waals surface area contributed by atoms with Crippen molar-refractivity contribution < 1.29 is 14.0 Å². The lowest BCUT2D eigenvalue weighted by Gasteiger charge is -2.19. The molecule has 1 aliphatic carbocycles. The number of carbonyl (C=O) groups excluding carboxylic acids is 2. The Hall–Kier alpha value is -1.43. The smallest absolute Gasteiger partial charge is 0.198 e. The predicted molar refractivity (Wildman–Crippen MR) is 105 cm³/mol. The number of halogens is 1. The van der Waals surface area contributed by atoms with Crippen LogP contribution in [0.2, 0.25) is 5.02 Å². The topological polar surface area (TPSA) is 47.3 Å². The average molecular weight is 405 g/mol. The number of rotatable bonds is 4. The third kappa shape index (κ3) is 3.17. The summed E-state index contributed by atoms with van der Waals surface area (Å²) in [6.45, 7) is 1.88. The predicted octanol–water partition coefficient (Wildman–Crippen LogP) is 5.87. The lowest BCUT2D eigenvalue weighted by Crippen LogP contribution is -2.19. The molecule has 6 heteroatoms. The van der Waals surface area contributed by atoms with Gasteiger partial charge < -0.3 is 4.42 Å². The number of benzene rings is 1. The number of furan rings is 1. The summed E-state index contributed by atoms with van der Waals surface area (Å²) in [4.78, 5) is 28.8. The molecule has 2 aromatic rings. The molecule has 0 saturated carbocycles.